The second-order valence-corrected chi connectivity index (χ2v) is 5.56. The number of nitrogens with zero attached hydrogens (tertiary/aromatic N) is 1. The summed E-state index contributed by atoms with van der Waals surface area (Å²) >= 11 is 0. The largest absolute Gasteiger partial charge is 0.478 e. The van der Waals surface area contributed by atoms with Crippen LogP contribution in [0, 0.1) is 6.92 Å². The molecule has 0 fully saturated rings. The third kappa shape index (κ3) is 4.68. The minimum Gasteiger partial charge on any atom is -0.478 e. The molecule has 0 bridgehead atoms. The number of aryl methyl sites for hydroxylation is 1. The number of carbonyl (C=O) groups is 1. The van der Waals surface area contributed by atoms with Gasteiger partial charge >= 0.3 is 5.97 Å². The molecule has 3 N–H and O–H groups in total. The van der Waals surface area contributed by atoms with Gasteiger partial charge in [0.1, 0.15) is 5.82 Å². The van der Waals surface area contributed by atoms with Crippen molar-refractivity contribution in [2.24, 2.45) is 0 Å². The molecule has 0 unspecified atom stereocenters. The van der Waals surface area contributed by atoms with Crippen LogP contribution in [0.4, 0.5) is 5.82 Å². The van der Waals surface area contributed by atoms with Crippen LogP contribution in [-0.2, 0) is 10.0 Å². The highest BCUT2D eigenvalue weighted by molar-refractivity contribution is 7.88. The second kappa shape index (κ2) is 5.78. The minimum absolute atomic E-state index is 0.148. The van der Waals surface area contributed by atoms with E-state index in [9.17, 15) is 13.2 Å². The lowest BCUT2D eigenvalue weighted by molar-refractivity contribution is 0.0695. The summed E-state index contributed by atoms with van der Waals surface area (Å²) in [7, 11) is -3.19. The molecule has 0 aromatic carbocycles. The number of carboxylic acids is 1. The van der Waals surface area contributed by atoms with Crippen molar-refractivity contribution >= 4 is 21.8 Å². The number of aromatic carboxylic acids is 1. The molecule has 0 aliphatic rings. The van der Waals surface area contributed by atoms with Gasteiger partial charge in [-0.25, -0.2) is 22.9 Å². The first-order valence-electron chi connectivity index (χ1n) is 5.19. The summed E-state index contributed by atoms with van der Waals surface area (Å²) in [6.45, 7) is 2.20. The molecule has 1 aromatic rings. The highest BCUT2D eigenvalue weighted by atomic mass is 32.2. The molecule has 0 amide bonds. The molecule has 0 atom stereocenters. The Morgan fingerprint density at radius 3 is 2.56 bits per heavy atom. The van der Waals surface area contributed by atoms with Crippen molar-refractivity contribution in [3.63, 3.8) is 0 Å². The molecular formula is C10H15N3O4S. The van der Waals surface area contributed by atoms with Crippen molar-refractivity contribution in [3.8, 4) is 0 Å². The SMILES string of the molecule is Cc1nc(NCCNS(C)(=O)=O)ccc1C(=O)O. The topological polar surface area (TPSA) is 108 Å². The fourth-order valence-corrected chi connectivity index (χ4v) is 1.79. The molecule has 0 saturated heterocycles. The lowest BCUT2D eigenvalue weighted by Gasteiger charge is -2.07. The third-order valence-corrected chi connectivity index (χ3v) is 2.84. The van der Waals surface area contributed by atoms with Crippen molar-refractivity contribution in [2.45, 2.75) is 6.92 Å². The van der Waals surface area contributed by atoms with Crippen LogP contribution >= 0.6 is 0 Å². The molecule has 1 heterocycles. The van der Waals surface area contributed by atoms with Crippen molar-refractivity contribution in [1.82, 2.24) is 9.71 Å². The summed E-state index contributed by atoms with van der Waals surface area (Å²) in [6.07, 6.45) is 1.08. The van der Waals surface area contributed by atoms with E-state index >= 15 is 0 Å². The average molecular weight is 273 g/mol. The maximum absolute atomic E-state index is 10.8. The number of hydrogen-bond acceptors (Lipinski definition) is 5. The van der Waals surface area contributed by atoms with E-state index in [1.54, 1.807) is 6.92 Å². The van der Waals surface area contributed by atoms with Gasteiger partial charge in [0, 0.05) is 13.1 Å². The van der Waals surface area contributed by atoms with E-state index in [1.807, 2.05) is 0 Å². The normalized spacial score (nSPS) is 11.2. The Morgan fingerprint density at radius 2 is 2.06 bits per heavy atom. The lowest BCUT2D eigenvalue weighted by atomic mass is 10.2. The molecule has 0 saturated carbocycles. The van der Waals surface area contributed by atoms with E-state index in [0.29, 0.717) is 18.1 Å². The standard InChI is InChI=1S/C10H15N3O4S/c1-7-8(10(14)15)3-4-9(13-7)11-5-6-12-18(2,16)17/h3-4,12H,5-6H2,1-2H3,(H,11,13)(H,14,15). The van der Waals surface area contributed by atoms with Gasteiger partial charge in [0.2, 0.25) is 10.0 Å². The summed E-state index contributed by atoms with van der Waals surface area (Å²) in [4.78, 5) is 14.8. The molecule has 8 heteroatoms. The number of carboxylic acid groups (broad SMARTS) is 1. The van der Waals surface area contributed by atoms with Crippen molar-refractivity contribution in [3.05, 3.63) is 23.4 Å². The molecule has 0 aliphatic carbocycles. The summed E-state index contributed by atoms with van der Waals surface area (Å²) < 4.78 is 23.9. The Morgan fingerprint density at radius 1 is 1.39 bits per heavy atom. The third-order valence-electron chi connectivity index (χ3n) is 2.11. The monoisotopic (exact) mass is 273 g/mol. The Hall–Kier alpha value is -1.67. The van der Waals surface area contributed by atoms with Crippen molar-refractivity contribution in [1.29, 1.82) is 0 Å². The van der Waals surface area contributed by atoms with E-state index in [2.05, 4.69) is 15.0 Å². The molecule has 0 radical (unpaired) electrons. The van der Waals surface area contributed by atoms with Gasteiger partial charge in [-0.05, 0) is 19.1 Å². The number of aromatic nitrogens is 1. The number of sulfonamides is 1. The Balaban J connectivity index is 2.54. The van der Waals surface area contributed by atoms with Gasteiger partial charge in [-0.1, -0.05) is 0 Å². The van der Waals surface area contributed by atoms with Gasteiger partial charge in [-0.2, -0.15) is 0 Å². The summed E-state index contributed by atoms with van der Waals surface area (Å²) in [6, 6.07) is 2.99. The maximum atomic E-state index is 10.8. The van der Waals surface area contributed by atoms with Crippen LogP contribution in [-0.4, -0.2) is 43.8 Å². The summed E-state index contributed by atoms with van der Waals surface area (Å²) in [5.74, 6) is -0.516. The molecule has 0 spiro atoms. The van der Waals surface area contributed by atoms with Crippen LogP contribution in [0.3, 0.4) is 0 Å². The van der Waals surface area contributed by atoms with E-state index in [1.165, 1.54) is 12.1 Å². The van der Waals surface area contributed by atoms with E-state index in [-0.39, 0.29) is 12.1 Å². The maximum Gasteiger partial charge on any atom is 0.337 e. The van der Waals surface area contributed by atoms with E-state index in [4.69, 9.17) is 5.11 Å². The second-order valence-electron chi connectivity index (χ2n) is 3.73. The minimum atomic E-state index is -3.19. The Bertz CT molecular complexity index is 542. The van der Waals surface area contributed by atoms with E-state index < -0.39 is 16.0 Å². The molecule has 1 aromatic heterocycles. The van der Waals surface area contributed by atoms with Crippen LogP contribution in [0.2, 0.25) is 0 Å². The molecule has 18 heavy (non-hydrogen) atoms. The number of nitrogens with one attached hydrogen (secondary N) is 2. The van der Waals surface area contributed by atoms with Gasteiger partial charge in [0.15, 0.2) is 0 Å². The fourth-order valence-electron chi connectivity index (χ4n) is 1.31. The summed E-state index contributed by atoms with van der Waals surface area (Å²) in [5, 5.41) is 11.7. The number of rotatable bonds is 6. The van der Waals surface area contributed by atoms with Crippen LogP contribution in [0.15, 0.2) is 12.1 Å². The first-order chi connectivity index (χ1) is 8.29. The van der Waals surface area contributed by atoms with Crippen LogP contribution < -0.4 is 10.0 Å². The zero-order chi connectivity index (χ0) is 13.8. The zero-order valence-electron chi connectivity index (χ0n) is 10.1. The van der Waals surface area contributed by atoms with Gasteiger partial charge in [0.25, 0.3) is 0 Å². The number of anilines is 1. The number of pyridine rings is 1. The Labute approximate surface area is 105 Å². The molecule has 7 nitrogen and oxygen atoms in total. The fraction of sp³-hybridized carbons (Fsp3) is 0.400. The number of hydrogen-bond donors (Lipinski definition) is 3. The lowest BCUT2D eigenvalue weighted by Crippen LogP contribution is -2.27. The van der Waals surface area contributed by atoms with Crippen molar-refractivity contribution in [2.75, 3.05) is 24.7 Å². The van der Waals surface area contributed by atoms with Crippen molar-refractivity contribution < 1.29 is 18.3 Å². The van der Waals surface area contributed by atoms with Gasteiger partial charge in [0.05, 0.1) is 17.5 Å². The highest BCUT2D eigenvalue weighted by Crippen LogP contribution is 2.09. The zero-order valence-corrected chi connectivity index (χ0v) is 10.9. The van der Waals surface area contributed by atoms with Crippen LogP contribution in [0.25, 0.3) is 0 Å². The van der Waals surface area contributed by atoms with Gasteiger partial charge in [-0.15, -0.1) is 0 Å². The Kier molecular flexibility index (Phi) is 4.62. The predicted octanol–water partition coefficient (Wildman–Crippen LogP) is 0.0493. The molecular weight excluding hydrogens is 258 g/mol. The molecule has 1 rings (SSSR count). The summed E-state index contributed by atoms with van der Waals surface area (Å²) in [5.41, 5.74) is 0.554. The van der Waals surface area contributed by atoms with E-state index in [0.717, 1.165) is 6.26 Å². The quantitative estimate of drug-likeness (QED) is 0.632. The first kappa shape index (κ1) is 14.4. The van der Waals surface area contributed by atoms with Crippen LogP contribution in [0.1, 0.15) is 16.1 Å². The average Bonchev–Trinajstić information content (AvgIpc) is 2.22. The molecule has 100 valence electrons. The van der Waals surface area contributed by atoms with Gasteiger partial charge in [-0.3, -0.25) is 0 Å². The van der Waals surface area contributed by atoms with Crippen LogP contribution in [0.5, 0.6) is 0 Å². The highest BCUT2D eigenvalue weighted by Gasteiger charge is 2.08. The predicted molar refractivity (Wildman–Crippen MR) is 67.3 cm³/mol. The molecule has 0 aliphatic heterocycles. The first-order valence-corrected chi connectivity index (χ1v) is 7.08. The smallest absolute Gasteiger partial charge is 0.337 e. The van der Waals surface area contributed by atoms with Gasteiger partial charge < -0.3 is 10.4 Å².